The third-order valence-electron chi connectivity index (χ3n) is 2.63. The van der Waals surface area contributed by atoms with Crippen LogP contribution in [-0.4, -0.2) is 34.6 Å². The van der Waals surface area contributed by atoms with Gasteiger partial charge in [-0.2, -0.15) is 0 Å². The van der Waals surface area contributed by atoms with Crippen LogP contribution >= 0.6 is 0 Å². The number of amides is 1. The van der Waals surface area contributed by atoms with Crippen LogP contribution in [0.4, 0.5) is 8.78 Å². The molecule has 0 spiro atoms. The number of halogens is 2. The van der Waals surface area contributed by atoms with E-state index in [4.69, 9.17) is 9.88 Å². The smallest absolute Gasteiger partial charge is 0.254 e. The molecule has 1 unspecified atom stereocenters. The lowest BCUT2D eigenvalue weighted by Crippen LogP contribution is -2.31. The maximum absolute atomic E-state index is 13.6. The first-order valence-electron chi connectivity index (χ1n) is 5.95. The Morgan fingerprint density at radius 3 is 2.52 bits per heavy atom. The molecule has 1 amide bonds. The number of carbonyl (C=O) groups is 1. The number of primary sulfonamides is 1. The van der Waals surface area contributed by atoms with E-state index >= 15 is 0 Å². The van der Waals surface area contributed by atoms with Crippen LogP contribution in [0.3, 0.4) is 0 Å². The maximum Gasteiger partial charge on any atom is 0.254 e. The lowest BCUT2D eigenvalue weighted by Gasteiger charge is -2.12. The topological polar surface area (TPSA) is 98.5 Å². The average molecular weight is 322 g/mol. The van der Waals surface area contributed by atoms with Gasteiger partial charge in [-0.3, -0.25) is 4.79 Å². The SMILES string of the molecule is COCC(C)CNC(=O)c1cc(S(N)(=O)=O)c(F)cc1F. The molecule has 0 heterocycles. The van der Waals surface area contributed by atoms with E-state index < -0.39 is 38.0 Å². The van der Waals surface area contributed by atoms with E-state index in [1.54, 1.807) is 6.92 Å². The Labute approximate surface area is 121 Å². The summed E-state index contributed by atoms with van der Waals surface area (Å²) in [5.41, 5.74) is -0.593. The van der Waals surface area contributed by atoms with Gasteiger partial charge in [-0.1, -0.05) is 6.92 Å². The zero-order chi connectivity index (χ0) is 16.2. The van der Waals surface area contributed by atoms with Crippen molar-refractivity contribution in [3.8, 4) is 0 Å². The minimum atomic E-state index is -4.39. The molecular formula is C12H16F2N2O4S. The third-order valence-corrected chi connectivity index (χ3v) is 3.56. The van der Waals surface area contributed by atoms with Crippen molar-refractivity contribution in [3.05, 3.63) is 29.3 Å². The Morgan fingerprint density at radius 1 is 1.38 bits per heavy atom. The summed E-state index contributed by atoms with van der Waals surface area (Å²) in [4.78, 5) is 10.9. The van der Waals surface area contributed by atoms with Crippen molar-refractivity contribution >= 4 is 15.9 Å². The molecule has 9 heteroatoms. The zero-order valence-electron chi connectivity index (χ0n) is 11.5. The summed E-state index contributed by atoms with van der Waals surface area (Å²) in [6, 6.07) is 0.892. The van der Waals surface area contributed by atoms with Gasteiger partial charge in [0.15, 0.2) is 0 Å². The molecule has 6 nitrogen and oxygen atoms in total. The van der Waals surface area contributed by atoms with E-state index in [2.05, 4.69) is 5.32 Å². The predicted octanol–water partition coefficient (Wildman–Crippen LogP) is 0.625. The van der Waals surface area contributed by atoms with Crippen molar-refractivity contribution in [1.82, 2.24) is 5.32 Å². The summed E-state index contributed by atoms with van der Waals surface area (Å²) in [6.45, 7) is 2.36. The molecule has 0 saturated carbocycles. The fourth-order valence-electron chi connectivity index (χ4n) is 1.63. The molecule has 3 N–H and O–H groups in total. The number of hydrogen-bond acceptors (Lipinski definition) is 4. The van der Waals surface area contributed by atoms with E-state index in [1.807, 2.05) is 0 Å². The molecule has 1 atom stereocenters. The summed E-state index contributed by atoms with van der Waals surface area (Å²) in [6.07, 6.45) is 0. The number of rotatable bonds is 6. The Bertz CT molecular complexity index is 634. The molecule has 0 bridgehead atoms. The van der Waals surface area contributed by atoms with E-state index in [0.29, 0.717) is 18.7 Å². The van der Waals surface area contributed by atoms with Crippen LogP contribution in [0.15, 0.2) is 17.0 Å². The van der Waals surface area contributed by atoms with E-state index in [0.717, 1.165) is 0 Å². The Morgan fingerprint density at radius 2 is 2.00 bits per heavy atom. The zero-order valence-corrected chi connectivity index (χ0v) is 12.3. The lowest BCUT2D eigenvalue weighted by atomic mass is 10.1. The highest BCUT2D eigenvalue weighted by Crippen LogP contribution is 2.18. The van der Waals surface area contributed by atoms with Crippen LogP contribution in [-0.2, 0) is 14.8 Å². The summed E-state index contributed by atoms with van der Waals surface area (Å²) >= 11 is 0. The molecule has 0 aromatic heterocycles. The number of benzene rings is 1. The Hall–Kier alpha value is -1.58. The van der Waals surface area contributed by atoms with Crippen molar-refractivity contribution in [2.75, 3.05) is 20.3 Å². The molecule has 0 aliphatic heterocycles. The summed E-state index contributed by atoms with van der Waals surface area (Å²) in [5, 5.41) is 7.21. The van der Waals surface area contributed by atoms with Crippen LogP contribution in [0.5, 0.6) is 0 Å². The number of carbonyl (C=O) groups excluding carboxylic acids is 1. The number of methoxy groups -OCH3 is 1. The molecule has 21 heavy (non-hydrogen) atoms. The van der Waals surface area contributed by atoms with Crippen LogP contribution in [0.2, 0.25) is 0 Å². The molecular weight excluding hydrogens is 306 g/mol. The van der Waals surface area contributed by atoms with Crippen molar-refractivity contribution in [2.24, 2.45) is 11.1 Å². The van der Waals surface area contributed by atoms with Crippen LogP contribution in [0.25, 0.3) is 0 Å². The molecule has 0 radical (unpaired) electrons. The minimum absolute atomic E-state index is 0.0276. The largest absolute Gasteiger partial charge is 0.384 e. The first-order valence-corrected chi connectivity index (χ1v) is 7.50. The normalized spacial score (nSPS) is 13.0. The molecule has 0 saturated heterocycles. The standard InChI is InChI=1S/C12H16F2N2O4S/c1-7(6-20-2)5-16-12(17)8-3-11(21(15,18)19)10(14)4-9(8)13/h3-4,7H,5-6H2,1-2H3,(H,16,17)(H2,15,18,19). The summed E-state index contributed by atoms with van der Waals surface area (Å²) in [7, 11) is -2.89. The van der Waals surface area contributed by atoms with Crippen LogP contribution in [0.1, 0.15) is 17.3 Å². The average Bonchev–Trinajstić information content (AvgIpc) is 2.34. The second-order valence-electron chi connectivity index (χ2n) is 4.58. The molecule has 1 aromatic carbocycles. The summed E-state index contributed by atoms with van der Waals surface area (Å²) in [5.74, 6) is -3.41. The second kappa shape index (κ2) is 6.92. The highest BCUT2D eigenvalue weighted by Gasteiger charge is 2.21. The van der Waals surface area contributed by atoms with Gasteiger partial charge in [-0.25, -0.2) is 22.3 Å². The van der Waals surface area contributed by atoms with Gasteiger partial charge < -0.3 is 10.1 Å². The van der Waals surface area contributed by atoms with Gasteiger partial charge in [-0.05, 0) is 12.0 Å². The monoisotopic (exact) mass is 322 g/mol. The van der Waals surface area contributed by atoms with Gasteiger partial charge >= 0.3 is 0 Å². The lowest BCUT2D eigenvalue weighted by molar-refractivity contribution is 0.0929. The highest BCUT2D eigenvalue weighted by molar-refractivity contribution is 7.89. The number of ether oxygens (including phenoxy) is 1. The fourth-order valence-corrected chi connectivity index (χ4v) is 2.24. The van der Waals surface area contributed by atoms with Gasteiger partial charge in [0.1, 0.15) is 16.5 Å². The van der Waals surface area contributed by atoms with Crippen LogP contribution < -0.4 is 10.5 Å². The molecule has 1 aromatic rings. The van der Waals surface area contributed by atoms with Crippen molar-refractivity contribution in [1.29, 1.82) is 0 Å². The third kappa shape index (κ3) is 4.73. The Kier molecular flexibility index (Phi) is 5.76. The highest BCUT2D eigenvalue weighted by atomic mass is 32.2. The van der Waals surface area contributed by atoms with Gasteiger partial charge in [0.05, 0.1) is 12.2 Å². The summed E-state index contributed by atoms with van der Waals surface area (Å²) < 4.78 is 54.1. The first kappa shape index (κ1) is 17.5. The maximum atomic E-state index is 13.6. The number of nitrogens with two attached hydrogens (primary N) is 1. The molecule has 118 valence electrons. The first-order chi connectivity index (χ1) is 9.66. The van der Waals surface area contributed by atoms with Crippen molar-refractivity contribution in [2.45, 2.75) is 11.8 Å². The number of hydrogen-bond donors (Lipinski definition) is 2. The van der Waals surface area contributed by atoms with Crippen molar-refractivity contribution in [3.63, 3.8) is 0 Å². The van der Waals surface area contributed by atoms with E-state index in [-0.39, 0.29) is 12.5 Å². The molecule has 1 rings (SSSR count). The quantitative estimate of drug-likeness (QED) is 0.802. The van der Waals surface area contributed by atoms with Gasteiger partial charge in [0, 0.05) is 19.7 Å². The minimum Gasteiger partial charge on any atom is -0.384 e. The van der Waals surface area contributed by atoms with Gasteiger partial charge in [0.2, 0.25) is 10.0 Å². The second-order valence-corrected chi connectivity index (χ2v) is 6.11. The molecule has 0 aliphatic carbocycles. The number of sulfonamides is 1. The van der Waals surface area contributed by atoms with Crippen molar-refractivity contribution < 1.29 is 26.7 Å². The van der Waals surface area contributed by atoms with E-state index in [9.17, 15) is 22.0 Å². The number of nitrogens with one attached hydrogen (secondary N) is 1. The van der Waals surface area contributed by atoms with E-state index in [1.165, 1.54) is 7.11 Å². The fraction of sp³-hybridized carbons (Fsp3) is 0.417. The Balaban J connectivity index is 3.00. The molecule has 0 fully saturated rings. The molecule has 0 aliphatic rings. The van der Waals surface area contributed by atoms with Crippen LogP contribution in [0, 0.1) is 17.6 Å². The predicted molar refractivity (Wildman–Crippen MR) is 71.1 cm³/mol. The van der Waals surface area contributed by atoms with Gasteiger partial charge in [-0.15, -0.1) is 0 Å². The van der Waals surface area contributed by atoms with Gasteiger partial charge in [0.25, 0.3) is 5.91 Å².